The van der Waals surface area contributed by atoms with Gasteiger partial charge in [0, 0.05) is 15.1 Å². The zero-order chi connectivity index (χ0) is 27.8. The second-order valence-electron chi connectivity index (χ2n) is 7.99. The van der Waals surface area contributed by atoms with E-state index in [4.69, 9.17) is 0 Å². The highest BCUT2D eigenvalue weighted by atomic mass is 79.9. The number of hydrogen-bond donors (Lipinski definition) is 3. The Morgan fingerprint density at radius 2 is 1.69 bits per heavy atom. The Kier molecular flexibility index (Phi) is 9.58. The van der Waals surface area contributed by atoms with Gasteiger partial charge in [-0.3, -0.25) is 19.7 Å². The smallest absolute Gasteiger partial charge is 0.272 e. The minimum Gasteiger partial charge on any atom is -0.321 e. The van der Waals surface area contributed by atoms with E-state index in [-0.39, 0.29) is 22.9 Å². The fourth-order valence-corrected chi connectivity index (χ4v) is 4.77. The van der Waals surface area contributed by atoms with Crippen molar-refractivity contribution in [2.75, 3.05) is 16.4 Å². The lowest BCUT2D eigenvalue weighted by Crippen LogP contribution is -2.31. The zero-order valence-corrected chi connectivity index (χ0v) is 23.6. The lowest BCUT2D eigenvalue weighted by Gasteiger charge is -2.12. The van der Waals surface area contributed by atoms with Gasteiger partial charge in [-0.2, -0.15) is 0 Å². The van der Waals surface area contributed by atoms with E-state index >= 15 is 0 Å². The van der Waals surface area contributed by atoms with Gasteiger partial charge in [0.2, 0.25) is 11.0 Å². The number of aryl methyl sites for hydroxylation is 1. The average molecular weight is 627 g/mol. The van der Waals surface area contributed by atoms with Gasteiger partial charge in [0.1, 0.15) is 16.5 Å². The van der Waals surface area contributed by atoms with E-state index in [2.05, 4.69) is 42.1 Å². The molecule has 0 spiro atoms. The number of nitrogens with zero attached hydrogens (tertiary/aromatic N) is 2. The van der Waals surface area contributed by atoms with Crippen molar-refractivity contribution in [2.24, 2.45) is 0 Å². The number of amides is 3. The van der Waals surface area contributed by atoms with Crippen molar-refractivity contribution < 1.29 is 18.8 Å². The number of rotatable bonds is 9. The first-order valence-corrected chi connectivity index (χ1v) is 14.0. The van der Waals surface area contributed by atoms with Gasteiger partial charge in [0.05, 0.1) is 11.3 Å². The number of thioether (sulfide) groups is 1. The first-order valence-electron chi connectivity index (χ1n) is 11.4. The standard InChI is InChI=1S/C27H21BrFN5O3S2/c1-16-33-34-27(39-16)32-24(35)15-38-20-12-10-19(11-13-20)30-26(37)23(14-17-6-8-18(28)9-7-17)31-25(36)21-4-2-3-5-22(21)29/h2-14H,15H2,1H3,(H,30,37)(H,31,36)(H,32,34,35). The van der Waals surface area contributed by atoms with Crippen LogP contribution >= 0.6 is 39.0 Å². The molecule has 3 amide bonds. The van der Waals surface area contributed by atoms with Crippen molar-refractivity contribution in [3.05, 3.63) is 105 Å². The van der Waals surface area contributed by atoms with Crippen molar-refractivity contribution in [3.8, 4) is 0 Å². The van der Waals surface area contributed by atoms with Crippen LogP contribution < -0.4 is 16.0 Å². The summed E-state index contributed by atoms with van der Waals surface area (Å²) in [7, 11) is 0. The van der Waals surface area contributed by atoms with Crippen LogP contribution in [0.1, 0.15) is 20.9 Å². The van der Waals surface area contributed by atoms with E-state index in [9.17, 15) is 18.8 Å². The second-order valence-corrected chi connectivity index (χ2v) is 11.1. The van der Waals surface area contributed by atoms with Crippen molar-refractivity contribution in [3.63, 3.8) is 0 Å². The molecule has 0 saturated carbocycles. The van der Waals surface area contributed by atoms with Crippen LogP contribution in [0.3, 0.4) is 0 Å². The Morgan fingerprint density at radius 1 is 0.974 bits per heavy atom. The van der Waals surface area contributed by atoms with E-state index in [1.54, 1.807) is 55.5 Å². The van der Waals surface area contributed by atoms with Gasteiger partial charge in [0.15, 0.2) is 0 Å². The first-order chi connectivity index (χ1) is 18.8. The molecule has 0 radical (unpaired) electrons. The number of anilines is 2. The third kappa shape index (κ3) is 8.31. The third-order valence-electron chi connectivity index (χ3n) is 5.05. The summed E-state index contributed by atoms with van der Waals surface area (Å²) in [6.07, 6.45) is 1.50. The maximum Gasteiger partial charge on any atom is 0.272 e. The van der Waals surface area contributed by atoms with Gasteiger partial charge in [-0.1, -0.05) is 51.5 Å². The van der Waals surface area contributed by atoms with Crippen LogP contribution in [-0.2, 0) is 9.59 Å². The van der Waals surface area contributed by atoms with E-state index in [1.165, 1.54) is 53.4 Å². The molecule has 0 aliphatic heterocycles. The van der Waals surface area contributed by atoms with Crippen LogP contribution in [0.5, 0.6) is 0 Å². The number of hydrogen-bond acceptors (Lipinski definition) is 7. The minimum atomic E-state index is -0.750. The van der Waals surface area contributed by atoms with Gasteiger partial charge in [0.25, 0.3) is 11.8 Å². The summed E-state index contributed by atoms with van der Waals surface area (Å²) >= 11 is 5.98. The molecular formula is C27H21BrFN5O3S2. The summed E-state index contributed by atoms with van der Waals surface area (Å²) in [5.41, 5.74) is 0.886. The fourth-order valence-electron chi connectivity index (χ4n) is 3.20. The molecule has 0 atom stereocenters. The normalized spacial score (nSPS) is 11.1. The van der Waals surface area contributed by atoms with Crippen molar-refractivity contribution in [2.45, 2.75) is 11.8 Å². The second kappa shape index (κ2) is 13.3. The minimum absolute atomic E-state index is 0.0624. The molecular weight excluding hydrogens is 605 g/mol. The van der Waals surface area contributed by atoms with Crippen LogP contribution in [0.4, 0.5) is 15.2 Å². The number of halogens is 2. The van der Waals surface area contributed by atoms with E-state index in [0.717, 1.165) is 14.4 Å². The summed E-state index contributed by atoms with van der Waals surface area (Å²) in [6, 6.07) is 19.5. The lowest BCUT2D eigenvalue weighted by atomic mass is 10.1. The molecule has 0 saturated heterocycles. The van der Waals surface area contributed by atoms with Gasteiger partial charge >= 0.3 is 0 Å². The molecule has 0 aliphatic rings. The molecule has 0 fully saturated rings. The van der Waals surface area contributed by atoms with Crippen LogP contribution in [0.15, 0.2) is 87.9 Å². The summed E-state index contributed by atoms with van der Waals surface area (Å²) < 4.78 is 15.0. The molecule has 4 rings (SSSR count). The molecule has 198 valence electrons. The Labute approximate surface area is 240 Å². The Balaban J connectivity index is 1.42. The quantitative estimate of drug-likeness (QED) is 0.158. The highest BCUT2D eigenvalue weighted by Gasteiger charge is 2.17. The molecule has 12 heteroatoms. The maximum absolute atomic E-state index is 14.2. The lowest BCUT2D eigenvalue weighted by molar-refractivity contribution is -0.114. The van der Waals surface area contributed by atoms with Gasteiger partial charge in [-0.15, -0.1) is 22.0 Å². The summed E-state index contributed by atoms with van der Waals surface area (Å²) in [5, 5.41) is 16.9. The van der Waals surface area contributed by atoms with E-state index in [0.29, 0.717) is 16.4 Å². The fraction of sp³-hybridized carbons (Fsp3) is 0.0741. The highest BCUT2D eigenvalue weighted by molar-refractivity contribution is 9.10. The van der Waals surface area contributed by atoms with Crippen LogP contribution in [0, 0.1) is 12.7 Å². The largest absolute Gasteiger partial charge is 0.321 e. The predicted octanol–water partition coefficient (Wildman–Crippen LogP) is 5.89. The van der Waals surface area contributed by atoms with Crippen LogP contribution in [-0.4, -0.2) is 33.7 Å². The average Bonchev–Trinajstić information content (AvgIpc) is 3.33. The first kappa shape index (κ1) is 28.1. The summed E-state index contributed by atoms with van der Waals surface area (Å²) in [6.45, 7) is 1.80. The molecule has 4 aromatic rings. The molecule has 0 aliphatic carbocycles. The maximum atomic E-state index is 14.2. The number of carbonyl (C=O) groups excluding carboxylic acids is 3. The zero-order valence-electron chi connectivity index (χ0n) is 20.4. The summed E-state index contributed by atoms with van der Waals surface area (Å²) in [5.74, 6) is -2.07. The molecule has 1 heterocycles. The molecule has 3 N–H and O–H groups in total. The predicted molar refractivity (Wildman–Crippen MR) is 155 cm³/mol. The van der Waals surface area contributed by atoms with Crippen LogP contribution in [0.25, 0.3) is 6.08 Å². The number of nitrogens with one attached hydrogen (secondary N) is 3. The van der Waals surface area contributed by atoms with Crippen molar-refractivity contribution in [1.82, 2.24) is 15.5 Å². The molecule has 0 bridgehead atoms. The van der Waals surface area contributed by atoms with Crippen LogP contribution in [0.2, 0.25) is 0 Å². The Morgan fingerprint density at radius 3 is 2.36 bits per heavy atom. The SMILES string of the molecule is Cc1nnc(NC(=O)CSc2ccc(NC(=O)C(=Cc3ccc(Br)cc3)NC(=O)c3ccccc3F)cc2)s1. The molecule has 1 aromatic heterocycles. The van der Waals surface area contributed by atoms with E-state index < -0.39 is 17.6 Å². The molecule has 39 heavy (non-hydrogen) atoms. The highest BCUT2D eigenvalue weighted by Crippen LogP contribution is 2.22. The molecule has 8 nitrogen and oxygen atoms in total. The number of carbonyl (C=O) groups is 3. The third-order valence-corrected chi connectivity index (χ3v) is 7.34. The number of aromatic nitrogens is 2. The molecule has 0 unspecified atom stereocenters. The Hall–Kier alpha value is -3.87. The molecule has 3 aromatic carbocycles. The summed E-state index contributed by atoms with van der Waals surface area (Å²) in [4.78, 5) is 38.9. The number of benzene rings is 3. The van der Waals surface area contributed by atoms with Gasteiger partial charge in [-0.25, -0.2) is 4.39 Å². The van der Waals surface area contributed by atoms with Gasteiger partial charge in [-0.05, 0) is 67.1 Å². The van der Waals surface area contributed by atoms with Crippen molar-refractivity contribution >= 4 is 73.6 Å². The van der Waals surface area contributed by atoms with E-state index in [1.807, 2.05) is 0 Å². The topological polar surface area (TPSA) is 113 Å². The van der Waals surface area contributed by atoms with Crippen molar-refractivity contribution in [1.29, 1.82) is 0 Å². The monoisotopic (exact) mass is 625 g/mol. The Bertz CT molecular complexity index is 1530. The van der Waals surface area contributed by atoms with Gasteiger partial charge < -0.3 is 10.6 Å².